The number of rotatable bonds is 6. The monoisotopic (exact) mass is 351 g/mol. The van der Waals surface area contributed by atoms with Crippen molar-refractivity contribution in [3.63, 3.8) is 0 Å². The van der Waals surface area contributed by atoms with Gasteiger partial charge in [0.1, 0.15) is 5.76 Å². The summed E-state index contributed by atoms with van der Waals surface area (Å²) in [6.07, 6.45) is 0.609. The van der Waals surface area contributed by atoms with Crippen LogP contribution in [0.3, 0.4) is 0 Å². The number of carbonyl (C=O) groups excluding carboxylic acids is 2. The van der Waals surface area contributed by atoms with Crippen molar-refractivity contribution in [3.05, 3.63) is 77.4 Å². The third-order valence-corrected chi connectivity index (χ3v) is 4.45. The summed E-state index contributed by atoms with van der Waals surface area (Å²) in [5.41, 5.74) is 1.44. The van der Waals surface area contributed by atoms with Crippen molar-refractivity contribution in [3.8, 4) is 0 Å². The number of nitrogens with zero attached hydrogens (tertiary/aromatic N) is 1. The number of likely N-dealkylation sites (tertiary alicyclic amines) is 1. The molecule has 0 aromatic heterocycles. The van der Waals surface area contributed by atoms with Crippen LogP contribution in [0, 0.1) is 0 Å². The lowest BCUT2D eigenvalue weighted by Gasteiger charge is -2.25. The van der Waals surface area contributed by atoms with Gasteiger partial charge in [0.15, 0.2) is 0 Å². The minimum atomic E-state index is -0.655. The molecule has 1 heterocycles. The molecule has 1 saturated heterocycles. The quantitative estimate of drug-likeness (QED) is 0.376. The van der Waals surface area contributed by atoms with Crippen LogP contribution >= 0.6 is 0 Å². The molecule has 134 valence electrons. The van der Waals surface area contributed by atoms with Gasteiger partial charge in [-0.05, 0) is 12.0 Å². The van der Waals surface area contributed by atoms with Crippen LogP contribution in [-0.2, 0) is 14.3 Å². The smallest absolute Gasteiger partial charge is 0.295 e. The SMILES string of the molecule is COCCCN1C(=O)C(=O)C(=C(O)c2ccccc2)[C@H]1c1ccccc1. The van der Waals surface area contributed by atoms with Crippen molar-refractivity contribution in [1.29, 1.82) is 0 Å². The van der Waals surface area contributed by atoms with E-state index in [1.54, 1.807) is 31.4 Å². The predicted octanol–water partition coefficient (Wildman–Crippen LogP) is 3.14. The number of aliphatic hydroxyl groups excluding tert-OH is 1. The standard InChI is InChI=1S/C21H21NO4/c1-26-14-8-13-22-18(15-9-4-2-5-10-15)17(20(24)21(22)25)19(23)16-11-6-3-7-12-16/h2-7,9-12,18,23H,8,13-14H2,1H3/t18-/m1/s1. The number of amides is 1. The summed E-state index contributed by atoms with van der Waals surface area (Å²) in [6.45, 7) is 0.868. The number of ketones is 1. The van der Waals surface area contributed by atoms with E-state index in [1.807, 2.05) is 36.4 Å². The fraction of sp³-hybridized carbons (Fsp3) is 0.238. The number of ether oxygens (including phenoxy) is 1. The van der Waals surface area contributed by atoms with E-state index in [0.29, 0.717) is 25.1 Å². The zero-order valence-electron chi connectivity index (χ0n) is 14.6. The third kappa shape index (κ3) is 3.39. The van der Waals surface area contributed by atoms with E-state index in [1.165, 1.54) is 4.90 Å². The highest BCUT2D eigenvalue weighted by Crippen LogP contribution is 2.39. The Labute approximate surface area is 152 Å². The normalized spacial score (nSPS) is 19.1. The van der Waals surface area contributed by atoms with E-state index in [0.717, 1.165) is 5.56 Å². The number of hydrogen-bond acceptors (Lipinski definition) is 4. The van der Waals surface area contributed by atoms with Crippen molar-refractivity contribution < 1.29 is 19.4 Å². The molecule has 1 amide bonds. The second-order valence-electron chi connectivity index (χ2n) is 6.12. The zero-order chi connectivity index (χ0) is 18.5. The van der Waals surface area contributed by atoms with Crippen molar-refractivity contribution in [1.82, 2.24) is 4.90 Å². The number of aliphatic hydroxyl groups is 1. The van der Waals surface area contributed by atoms with Crippen LogP contribution in [0.1, 0.15) is 23.6 Å². The summed E-state index contributed by atoms with van der Waals surface area (Å²) >= 11 is 0. The summed E-state index contributed by atoms with van der Waals surface area (Å²) in [5, 5.41) is 10.8. The number of carbonyl (C=O) groups is 2. The molecular formula is C21H21NO4. The van der Waals surface area contributed by atoms with Gasteiger partial charge < -0.3 is 14.7 Å². The van der Waals surface area contributed by atoms with E-state index < -0.39 is 17.7 Å². The highest BCUT2D eigenvalue weighted by molar-refractivity contribution is 6.46. The van der Waals surface area contributed by atoms with E-state index in [4.69, 9.17) is 4.74 Å². The molecule has 2 aromatic carbocycles. The maximum Gasteiger partial charge on any atom is 0.295 e. The third-order valence-electron chi connectivity index (χ3n) is 4.45. The van der Waals surface area contributed by atoms with E-state index in [9.17, 15) is 14.7 Å². The summed E-state index contributed by atoms with van der Waals surface area (Å²) in [4.78, 5) is 26.8. The summed E-state index contributed by atoms with van der Waals surface area (Å²) in [5.74, 6) is -1.39. The molecule has 5 nitrogen and oxygen atoms in total. The summed E-state index contributed by atoms with van der Waals surface area (Å²) < 4.78 is 5.06. The molecule has 0 unspecified atom stereocenters. The molecule has 1 fully saturated rings. The van der Waals surface area contributed by atoms with Crippen LogP contribution in [-0.4, -0.2) is 42.0 Å². The van der Waals surface area contributed by atoms with Crippen molar-refractivity contribution in [2.24, 2.45) is 0 Å². The molecule has 1 atom stereocenters. The van der Waals surface area contributed by atoms with Gasteiger partial charge in [-0.3, -0.25) is 9.59 Å². The Morgan fingerprint density at radius 1 is 1.04 bits per heavy atom. The fourth-order valence-corrected chi connectivity index (χ4v) is 3.22. The van der Waals surface area contributed by atoms with E-state index in [-0.39, 0.29) is 11.3 Å². The Hall–Kier alpha value is -2.92. The Bertz CT molecular complexity index is 814. The maximum atomic E-state index is 12.7. The number of benzene rings is 2. The van der Waals surface area contributed by atoms with Gasteiger partial charge in [0, 0.05) is 25.8 Å². The highest BCUT2D eigenvalue weighted by atomic mass is 16.5. The summed E-state index contributed by atoms with van der Waals surface area (Å²) in [7, 11) is 1.60. The first-order chi connectivity index (χ1) is 12.6. The topological polar surface area (TPSA) is 66.8 Å². The first kappa shape index (κ1) is 17.9. The molecule has 26 heavy (non-hydrogen) atoms. The van der Waals surface area contributed by atoms with Crippen molar-refractivity contribution in [2.75, 3.05) is 20.3 Å². The Balaban J connectivity index is 2.09. The number of methoxy groups -OCH3 is 1. The minimum absolute atomic E-state index is 0.129. The lowest BCUT2D eigenvalue weighted by Crippen LogP contribution is -2.31. The second-order valence-corrected chi connectivity index (χ2v) is 6.12. The van der Waals surface area contributed by atoms with Gasteiger partial charge in [0.2, 0.25) is 0 Å². The molecule has 5 heteroatoms. The predicted molar refractivity (Wildman–Crippen MR) is 98.4 cm³/mol. The van der Waals surface area contributed by atoms with Crippen LogP contribution < -0.4 is 0 Å². The van der Waals surface area contributed by atoms with Crippen LogP contribution in [0.15, 0.2) is 66.2 Å². The fourth-order valence-electron chi connectivity index (χ4n) is 3.22. The zero-order valence-corrected chi connectivity index (χ0v) is 14.6. The second kappa shape index (κ2) is 7.97. The van der Waals surface area contributed by atoms with Crippen LogP contribution in [0.5, 0.6) is 0 Å². The Morgan fingerprint density at radius 3 is 2.27 bits per heavy atom. The van der Waals surface area contributed by atoms with Gasteiger partial charge >= 0.3 is 0 Å². The van der Waals surface area contributed by atoms with Crippen LogP contribution in [0.4, 0.5) is 0 Å². The molecule has 0 spiro atoms. The average Bonchev–Trinajstić information content (AvgIpc) is 2.94. The molecular weight excluding hydrogens is 330 g/mol. The number of hydrogen-bond donors (Lipinski definition) is 1. The minimum Gasteiger partial charge on any atom is -0.507 e. The molecule has 0 radical (unpaired) electrons. The Kier molecular flexibility index (Phi) is 5.49. The molecule has 3 rings (SSSR count). The first-order valence-electron chi connectivity index (χ1n) is 8.53. The summed E-state index contributed by atoms with van der Waals surface area (Å²) in [6, 6.07) is 17.5. The molecule has 2 aromatic rings. The number of Topliss-reactive ketones (excluding diaryl/α,β-unsaturated/α-hetero) is 1. The molecule has 0 bridgehead atoms. The largest absolute Gasteiger partial charge is 0.507 e. The van der Waals surface area contributed by atoms with Gasteiger partial charge in [-0.15, -0.1) is 0 Å². The van der Waals surface area contributed by atoms with E-state index >= 15 is 0 Å². The van der Waals surface area contributed by atoms with Crippen molar-refractivity contribution in [2.45, 2.75) is 12.5 Å². The first-order valence-corrected chi connectivity index (χ1v) is 8.53. The molecule has 1 N–H and O–H groups in total. The van der Waals surface area contributed by atoms with Gasteiger partial charge in [0.05, 0.1) is 11.6 Å². The highest BCUT2D eigenvalue weighted by Gasteiger charge is 2.45. The molecule has 1 aliphatic heterocycles. The van der Waals surface area contributed by atoms with Crippen molar-refractivity contribution >= 4 is 17.4 Å². The lowest BCUT2D eigenvalue weighted by atomic mass is 9.95. The van der Waals surface area contributed by atoms with Gasteiger partial charge in [-0.25, -0.2) is 0 Å². The Morgan fingerprint density at radius 2 is 1.65 bits per heavy atom. The van der Waals surface area contributed by atoms with Gasteiger partial charge in [-0.2, -0.15) is 0 Å². The van der Waals surface area contributed by atoms with E-state index in [2.05, 4.69) is 0 Å². The average molecular weight is 351 g/mol. The van der Waals surface area contributed by atoms with Crippen LogP contribution in [0.2, 0.25) is 0 Å². The maximum absolute atomic E-state index is 12.7. The van der Waals surface area contributed by atoms with Crippen LogP contribution in [0.25, 0.3) is 5.76 Å². The lowest BCUT2D eigenvalue weighted by molar-refractivity contribution is -0.140. The molecule has 0 saturated carbocycles. The van der Waals surface area contributed by atoms with Gasteiger partial charge in [-0.1, -0.05) is 60.7 Å². The van der Waals surface area contributed by atoms with Gasteiger partial charge in [0.25, 0.3) is 11.7 Å². The molecule has 1 aliphatic rings. The molecule has 0 aliphatic carbocycles.